The van der Waals surface area contributed by atoms with E-state index in [9.17, 15) is 22.7 Å². The van der Waals surface area contributed by atoms with Crippen LogP contribution in [0.15, 0.2) is 33.8 Å². The largest absolute Gasteiger partial charge is 0.384 e. The van der Waals surface area contributed by atoms with Gasteiger partial charge in [-0.2, -0.15) is 4.98 Å². The van der Waals surface area contributed by atoms with Gasteiger partial charge in [-0.25, -0.2) is 17.6 Å². The lowest BCUT2D eigenvalue weighted by Gasteiger charge is -2.19. The molecule has 1 aromatic carbocycles. The fraction of sp³-hybridized carbons (Fsp3) is 0.450. The fourth-order valence-electron chi connectivity index (χ4n) is 2.94. The number of aromatic nitrogens is 2. The van der Waals surface area contributed by atoms with E-state index in [2.05, 4.69) is 46.5 Å². The van der Waals surface area contributed by atoms with Gasteiger partial charge in [-0.3, -0.25) is 10.1 Å². The van der Waals surface area contributed by atoms with Crippen molar-refractivity contribution in [3.63, 3.8) is 0 Å². The van der Waals surface area contributed by atoms with Crippen molar-refractivity contribution >= 4 is 78.4 Å². The number of unbranched alkanes of at least 4 members (excludes halogenated alkanes) is 1. The summed E-state index contributed by atoms with van der Waals surface area (Å²) in [4.78, 5) is 18.7. The topological polar surface area (TPSA) is 156 Å². The summed E-state index contributed by atoms with van der Waals surface area (Å²) in [6, 6.07) is 4.18. The maximum absolute atomic E-state index is 13.3. The molecule has 0 saturated heterocycles. The molecule has 1 atom stereocenters. The first-order valence-corrected chi connectivity index (χ1v) is 19.2. The Morgan fingerprint density at radius 1 is 1.17 bits per heavy atom. The van der Waals surface area contributed by atoms with Crippen molar-refractivity contribution in [1.29, 1.82) is 0 Å². The van der Waals surface area contributed by atoms with E-state index in [1.807, 2.05) is 19.6 Å². The van der Waals surface area contributed by atoms with Crippen LogP contribution in [0.5, 0.6) is 0 Å². The maximum Gasteiger partial charge on any atom is 0.271 e. The van der Waals surface area contributed by atoms with Crippen LogP contribution in [0.3, 0.4) is 0 Å². The minimum Gasteiger partial charge on any atom is -0.384 e. The summed E-state index contributed by atoms with van der Waals surface area (Å²) in [5, 5.41) is 17.6. The van der Waals surface area contributed by atoms with Crippen molar-refractivity contribution in [3.05, 3.63) is 44.3 Å². The molecule has 0 amide bonds. The Labute approximate surface area is 226 Å². The molecular weight excluding hydrogens is 612 g/mol. The van der Waals surface area contributed by atoms with Gasteiger partial charge in [-0.05, 0) is 58.4 Å². The van der Waals surface area contributed by atoms with E-state index in [1.165, 1.54) is 18.2 Å². The highest BCUT2D eigenvalue weighted by molar-refractivity contribution is 9.10. The molecule has 1 aromatic heterocycles. The predicted octanol–water partition coefficient (Wildman–Crippen LogP) is 4.35. The first kappa shape index (κ1) is 30.4. The Morgan fingerprint density at radius 2 is 1.81 bits per heavy atom. The summed E-state index contributed by atoms with van der Waals surface area (Å²) in [6.45, 7) is 7.08. The third kappa shape index (κ3) is 9.93. The molecule has 36 heavy (non-hydrogen) atoms. The highest BCUT2D eigenvalue weighted by Crippen LogP contribution is 2.27. The van der Waals surface area contributed by atoms with Gasteiger partial charge in [-0.15, -0.1) is 4.13 Å². The molecule has 16 heteroatoms. The van der Waals surface area contributed by atoms with Crippen LogP contribution in [0.1, 0.15) is 12.8 Å². The second kappa shape index (κ2) is 12.6. The van der Waals surface area contributed by atoms with Crippen molar-refractivity contribution in [3.8, 4) is 0 Å². The van der Waals surface area contributed by atoms with E-state index in [4.69, 9.17) is 11.6 Å². The zero-order valence-corrected chi connectivity index (χ0v) is 25.2. The third-order valence-electron chi connectivity index (χ3n) is 4.84. The van der Waals surface area contributed by atoms with Crippen LogP contribution in [0.25, 0.3) is 0 Å². The highest BCUT2D eigenvalue weighted by Gasteiger charge is 2.24. The molecule has 2 rings (SSSR count). The van der Waals surface area contributed by atoms with Crippen molar-refractivity contribution < 1.29 is 17.6 Å². The number of rotatable bonds is 14. The average Bonchev–Trinajstić information content (AvgIpc) is 2.75. The molecule has 200 valence electrons. The molecule has 3 N–H and O–H groups in total. The maximum atomic E-state index is 13.3. The number of halogens is 2. The Hall–Kier alpha value is -1.78. The van der Waals surface area contributed by atoms with Crippen LogP contribution < -0.4 is 14.8 Å². The smallest absolute Gasteiger partial charge is 0.271 e. The third-order valence-corrected chi connectivity index (χ3v) is 11.6. The van der Waals surface area contributed by atoms with Gasteiger partial charge in [0.15, 0.2) is 0 Å². The summed E-state index contributed by atoms with van der Waals surface area (Å²) in [5.41, 5.74) is -0.0272. The number of sulfonamides is 1. The molecule has 2 aromatic rings. The van der Waals surface area contributed by atoms with Crippen molar-refractivity contribution in [1.82, 2.24) is 14.1 Å². The van der Waals surface area contributed by atoms with E-state index in [1.54, 1.807) is 6.20 Å². The monoisotopic (exact) mass is 640 g/mol. The Morgan fingerprint density at radius 3 is 2.42 bits per heavy atom. The van der Waals surface area contributed by atoms with Gasteiger partial charge >= 0.3 is 0 Å². The summed E-state index contributed by atoms with van der Waals surface area (Å²) < 4.78 is 41.4. The molecule has 1 heterocycles. The van der Waals surface area contributed by atoms with Gasteiger partial charge < -0.3 is 10.6 Å². The lowest BCUT2D eigenvalue weighted by atomic mass is 10.2. The Kier molecular flexibility index (Phi) is 10.7. The summed E-state index contributed by atoms with van der Waals surface area (Å²) in [7, 11) is -9.03. The lowest BCUT2D eigenvalue weighted by Crippen LogP contribution is -2.35. The Bertz CT molecular complexity index is 1310. The van der Waals surface area contributed by atoms with Crippen LogP contribution in [0.4, 0.5) is 17.2 Å². The van der Waals surface area contributed by atoms with E-state index in [-0.39, 0.29) is 27.3 Å². The van der Waals surface area contributed by atoms with Crippen molar-refractivity contribution in [2.75, 3.05) is 29.5 Å². The van der Waals surface area contributed by atoms with Gasteiger partial charge in [0, 0.05) is 39.5 Å². The summed E-state index contributed by atoms with van der Waals surface area (Å²) in [6.07, 6.45) is 2.89. The molecule has 0 radical (unpaired) electrons. The average molecular weight is 642 g/mol. The standard InChI is InChI=1S/C20H30BrClN6O5S2Si/c1-34(31,27-35(32,33)11-12-36(2,3)4)18-8-7-15(28(29)30)13-17(18)23-9-5-6-10-24-19-16(21)14-25-20(22)26-19/h7-8,13-14,23H,1,5-6,9-12H2,2-4H3,(H,27,31)(H,24,25,26). The summed E-state index contributed by atoms with van der Waals surface area (Å²) in [5.74, 6) is 4.01. The van der Waals surface area contributed by atoms with Gasteiger partial charge in [0.25, 0.3) is 5.69 Å². The number of non-ortho nitro benzene ring substituents is 1. The minimum absolute atomic E-state index is 0.0577. The molecule has 0 aliphatic rings. The molecule has 0 aliphatic heterocycles. The number of hydrogen-bond donors (Lipinski definition) is 3. The van der Waals surface area contributed by atoms with Gasteiger partial charge in [-0.1, -0.05) is 19.6 Å². The zero-order chi connectivity index (χ0) is 27.1. The van der Waals surface area contributed by atoms with Gasteiger partial charge in [0.2, 0.25) is 15.3 Å². The lowest BCUT2D eigenvalue weighted by molar-refractivity contribution is -0.384. The van der Waals surface area contributed by atoms with Crippen LogP contribution in [-0.2, 0) is 19.7 Å². The minimum atomic E-state index is -3.88. The molecule has 0 bridgehead atoms. The second-order valence-electron chi connectivity index (χ2n) is 9.22. The number of nitrogens with zero attached hydrogens (tertiary/aromatic N) is 3. The number of hydrogen-bond acceptors (Lipinski definition) is 9. The number of benzene rings is 1. The van der Waals surface area contributed by atoms with Crippen molar-refractivity contribution in [2.45, 2.75) is 43.4 Å². The highest BCUT2D eigenvalue weighted by atomic mass is 79.9. The number of nitrogens with one attached hydrogen (secondary N) is 3. The SMILES string of the molecule is C=S(=O)(NS(=O)(=O)CC[Si](C)(C)C)c1ccc([N+](=O)[O-])cc1NCCCCNc1nc(Cl)ncc1Br. The van der Waals surface area contributed by atoms with Crippen LogP contribution in [-0.4, -0.2) is 60.3 Å². The molecule has 0 spiro atoms. The number of nitro benzene ring substituents is 1. The van der Waals surface area contributed by atoms with E-state index in [0.29, 0.717) is 42.3 Å². The first-order valence-electron chi connectivity index (χ1n) is 10.9. The predicted molar refractivity (Wildman–Crippen MR) is 153 cm³/mol. The van der Waals surface area contributed by atoms with Crippen molar-refractivity contribution in [2.24, 2.45) is 0 Å². The molecule has 11 nitrogen and oxygen atoms in total. The fourth-order valence-corrected chi connectivity index (χ4v) is 10.0. The Balaban J connectivity index is 2.07. The summed E-state index contributed by atoms with van der Waals surface area (Å²) >= 11 is 9.14. The van der Waals surface area contributed by atoms with E-state index < -0.39 is 32.7 Å². The zero-order valence-electron chi connectivity index (χ0n) is 20.2. The molecule has 0 fully saturated rings. The van der Waals surface area contributed by atoms with Crippen LogP contribution in [0, 0.1) is 10.1 Å². The number of nitro groups is 1. The molecule has 0 saturated carbocycles. The molecular formula is C20H30BrClN6O5S2Si. The first-order chi connectivity index (χ1) is 16.6. The van der Waals surface area contributed by atoms with E-state index in [0.717, 1.165) is 0 Å². The normalized spacial score (nSPS) is 13.7. The molecule has 1 unspecified atom stereocenters. The van der Waals surface area contributed by atoms with Gasteiger partial charge in [0.05, 0.1) is 35.4 Å². The van der Waals surface area contributed by atoms with Crippen LogP contribution in [0.2, 0.25) is 31.0 Å². The van der Waals surface area contributed by atoms with Crippen LogP contribution >= 0.6 is 27.5 Å². The second-order valence-corrected chi connectivity index (χ2v) is 20.1. The number of anilines is 2. The van der Waals surface area contributed by atoms with Gasteiger partial charge in [0.1, 0.15) is 5.82 Å². The molecule has 0 aliphatic carbocycles. The quantitative estimate of drug-likeness (QED) is 0.0681. The van der Waals surface area contributed by atoms with E-state index >= 15 is 0 Å².